The van der Waals surface area contributed by atoms with E-state index < -0.39 is 0 Å². The number of anilines is 2. The number of nitrogens with one attached hydrogen (secondary N) is 2. The maximum Gasteiger partial charge on any atom is 0.215 e. The molecule has 0 aliphatic carbocycles. The van der Waals surface area contributed by atoms with Crippen LogP contribution in [0.3, 0.4) is 0 Å². The molecule has 0 bridgehead atoms. The van der Waals surface area contributed by atoms with Gasteiger partial charge in [0.2, 0.25) is 4.77 Å². The summed E-state index contributed by atoms with van der Waals surface area (Å²) in [7, 11) is 0. The van der Waals surface area contributed by atoms with Gasteiger partial charge in [0.15, 0.2) is 5.82 Å². The van der Waals surface area contributed by atoms with Crippen LogP contribution in [0.15, 0.2) is 59.1 Å². The van der Waals surface area contributed by atoms with Gasteiger partial charge in [0.1, 0.15) is 5.69 Å². The first kappa shape index (κ1) is 13.9. The molecule has 6 heteroatoms. The minimum absolute atomic E-state index is 0.342. The van der Waals surface area contributed by atoms with Crippen LogP contribution in [-0.2, 0) is 0 Å². The van der Waals surface area contributed by atoms with Gasteiger partial charge in [-0.2, -0.15) is 10.1 Å². The lowest BCUT2D eigenvalue weighted by Crippen LogP contribution is -2.01. The Balaban J connectivity index is 2.03. The fourth-order valence-electron chi connectivity index (χ4n) is 1.89. The molecular formula is C15H11BrN4S. The Morgan fingerprint density at radius 1 is 1.00 bits per heavy atom. The number of hydrogen-bond acceptors (Lipinski definition) is 4. The van der Waals surface area contributed by atoms with E-state index in [9.17, 15) is 0 Å². The molecule has 1 heterocycles. The van der Waals surface area contributed by atoms with Crippen molar-refractivity contribution in [2.45, 2.75) is 0 Å². The quantitative estimate of drug-likeness (QED) is 0.665. The summed E-state index contributed by atoms with van der Waals surface area (Å²) in [5.41, 5.74) is 2.62. The molecule has 0 aliphatic rings. The molecule has 0 atom stereocenters. The van der Waals surface area contributed by atoms with Gasteiger partial charge in [-0.3, -0.25) is 5.10 Å². The Hall–Kier alpha value is -2.05. The number of H-pyrrole nitrogens is 1. The number of nitrogens with zero attached hydrogens (tertiary/aromatic N) is 2. The standard InChI is InChI=1S/C15H11BrN4S/c16-11-6-8-12(9-7-11)17-14-13(19-20-15(21)18-14)10-4-2-1-3-5-10/h1-9H,(H2,17,18,20,21). The second-order valence-electron chi connectivity index (χ2n) is 4.34. The summed E-state index contributed by atoms with van der Waals surface area (Å²) in [4.78, 5) is 4.34. The topological polar surface area (TPSA) is 53.6 Å². The highest BCUT2D eigenvalue weighted by Crippen LogP contribution is 2.26. The van der Waals surface area contributed by atoms with Crippen molar-refractivity contribution in [3.8, 4) is 11.3 Å². The Morgan fingerprint density at radius 2 is 1.71 bits per heavy atom. The number of hydrogen-bond donors (Lipinski definition) is 2. The molecule has 0 saturated carbocycles. The molecule has 0 radical (unpaired) electrons. The van der Waals surface area contributed by atoms with E-state index in [1.165, 1.54) is 0 Å². The van der Waals surface area contributed by atoms with Crippen molar-refractivity contribution in [3.63, 3.8) is 0 Å². The molecule has 3 aromatic rings. The van der Waals surface area contributed by atoms with E-state index in [1.54, 1.807) is 0 Å². The van der Waals surface area contributed by atoms with Gasteiger partial charge in [-0.25, -0.2) is 0 Å². The molecule has 2 N–H and O–H groups in total. The van der Waals surface area contributed by atoms with Gasteiger partial charge in [-0.1, -0.05) is 46.3 Å². The number of halogens is 1. The smallest absolute Gasteiger partial charge is 0.215 e. The van der Waals surface area contributed by atoms with Gasteiger partial charge < -0.3 is 5.32 Å². The van der Waals surface area contributed by atoms with Gasteiger partial charge in [-0.15, -0.1) is 0 Å². The molecule has 0 saturated heterocycles. The van der Waals surface area contributed by atoms with Crippen LogP contribution >= 0.6 is 28.1 Å². The monoisotopic (exact) mass is 358 g/mol. The maximum absolute atomic E-state index is 5.07. The zero-order chi connectivity index (χ0) is 14.7. The van der Waals surface area contributed by atoms with E-state index in [0.29, 0.717) is 10.6 Å². The minimum atomic E-state index is 0.342. The highest BCUT2D eigenvalue weighted by Gasteiger charge is 2.09. The van der Waals surface area contributed by atoms with Crippen molar-refractivity contribution in [1.82, 2.24) is 15.2 Å². The summed E-state index contributed by atoms with van der Waals surface area (Å²) in [6.45, 7) is 0. The summed E-state index contributed by atoms with van der Waals surface area (Å²) in [5, 5.41) is 10.3. The van der Waals surface area contributed by atoms with E-state index in [-0.39, 0.29) is 0 Å². The largest absolute Gasteiger partial charge is 0.338 e. The van der Waals surface area contributed by atoms with Crippen LogP contribution in [0.5, 0.6) is 0 Å². The van der Waals surface area contributed by atoms with Crippen molar-refractivity contribution in [3.05, 3.63) is 63.8 Å². The zero-order valence-corrected chi connectivity index (χ0v) is 13.3. The predicted octanol–water partition coefficient (Wildman–Crippen LogP) is 4.71. The van der Waals surface area contributed by atoms with E-state index in [0.717, 1.165) is 21.4 Å². The molecule has 2 aromatic carbocycles. The lowest BCUT2D eigenvalue weighted by Gasteiger charge is -2.10. The van der Waals surface area contributed by atoms with Crippen LogP contribution in [0.25, 0.3) is 11.3 Å². The average Bonchev–Trinajstić information content (AvgIpc) is 2.51. The lowest BCUT2D eigenvalue weighted by molar-refractivity contribution is 0.960. The molecule has 0 fully saturated rings. The number of aromatic amines is 1. The molecule has 21 heavy (non-hydrogen) atoms. The molecule has 4 nitrogen and oxygen atoms in total. The van der Waals surface area contributed by atoms with Crippen LogP contribution in [0.1, 0.15) is 0 Å². The third-order valence-electron chi connectivity index (χ3n) is 2.86. The molecule has 0 amide bonds. The fourth-order valence-corrected chi connectivity index (χ4v) is 2.29. The third kappa shape index (κ3) is 3.34. The molecule has 3 rings (SSSR count). The third-order valence-corrected chi connectivity index (χ3v) is 3.57. The Kier molecular flexibility index (Phi) is 4.08. The first-order valence-corrected chi connectivity index (χ1v) is 7.47. The number of benzene rings is 2. The van der Waals surface area contributed by atoms with Crippen LogP contribution in [0.4, 0.5) is 11.5 Å². The first-order valence-electron chi connectivity index (χ1n) is 6.27. The fraction of sp³-hybridized carbons (Fsp3) is 0. The Bertz CT molecular complexity index is 800. The van der Waals surface area contributed by atoms with Crippen molar-refractivity contribution < 1.29 is 0 Å². The van der Waals surface area contributed by atoms with E-state index in [2.05, 4.69) is 36.4 Å². The lowest BCUT2D eigenvalue weighted by atomic mass is 10.1. The van der Waals surface area contributed by atoms with E-state index in [1.807, 2.05) is 54.6 Å². The van der Waals surface area contributed by atoms with Crippen LogP contribution in [0.2, 0.25) is 0 Å². The van der Waals surface area contributed by atoms with Crippen LogP contribution in [-0.4, -0.2) is 15.2 Å². The predicted molar refractivity (Wildman–Crippen MR) is 90.1 cm³/mol. The van der Waals surface area contributed by atoms with Crippen molar-refractivity contribution in [2.24, 2.45) is 0 Å². The van der Waals surface area contributed by atoms with E-state index >= 15 is 0 Å². The molecule has 0 aliphatic heterocycles. The zero-order valence-electron chi connectivity index (χ0n) is 10.9. The first-order chi connectivity index (χ1) is 10.2. The molecule has 0 spiro atoms. The molecule has 104 valence electrons. The van der Waals surface area contributed by atoms with Crippen LogP contribution < -0.4 is 5.32 Å². The summed E-state index contributed by atoms with van der Waals surface area (Å²) >= 11 is 8.49. The SMILES string of the molecule is S=c1nc(Nc2ccc(Br)cc2)c(-c2ccccc2)n[nH]1. The van der Waals surface area contributed by atoms with Crippen molar-refractivity contribution >= 4 is 39.7 Å². The van der Waals surface area contributed by atoms with Gasteiger partial charge in [-0.05, 0) is 36.5 Å². The van der Waals surface area contributed by atoms with Gasteiger partial charge in [0.25, 0.3) is 0 Å². The van der Waals surface area contributed by atoms with Crippen molar-refractivity contribution in [1.29, 1.82) is 0 Å². The number of rotatable bonds is 3. The molecule has 1 aromatic heterocycles. The normalized spacial score (nSPS) is 10.3. The molecule has 0 unspecified atom stereocenters. The minimum Gasteiger partial charge on any atom is -0.338 e. The Morgan fingerprint density at radius 3 is 2.43 bits per heavy atom. The van der Waals surface area contributed by atoms with Crippen LogP contribution in [0, 0.1) is 4.77 Å². The summed E-state index contributed by atoms with van der Waals surface area (Å²) in [6, 6.07) is 17.7. The highest BCUT2D eigenvalue weighted by atomic mass is 79.9. The van der Waals surface area contributed by atoms with E-state index in [4.69, 9.17) is 12.2 Å². The van der Waals surface area contributed by atoms with Gasteiger partial charge >= 0.3 is 0 Å². The van der Waals surface area contributed by atoms with Gasteiger partial charge in [0.05, 0.1) is 0 Å². The average molecular weight is 359 g/mol. The summed E-state index contributed by atoms with van der Waals surface area (Å²) in [5.74, 6) is 0.632. The highest BCUT2D eigenvalue weighted by molar-refractivity contribution is 9.10. The van der Waals surface area contributed by atoms with Crippen molar-refractivity contribution in [2.75, 3.05) is 5.32 Å². The summed E-state index contributed by atoms with van der Waals surface area (Å²) in [6.07, 6.45) is 0. The second-order valence-corrected chi connectivity index (χ2v) is 5.64. The van der Waals surface area contributed by atoms with Gasteiger partial charge in [0, 0.05) is 15.7 Å². The Labute approximate surface area is 135 Å². The summed E-state index contributed by atoms with van der Waals surface area (Å²) < 4.78 is 1.36. The maximum atomic E-state index is 5.07. The molecular weight excluding hydrogens is 348 g/mol. The number of aromatic nitrogens is 3. The second kappa shape index (κ2) is 6.15.